The van der Waals surface area contributed by atoms with Gasteiger partial charge in [-0.3, -0.25) is 4.79 Å². The molecule has 0 aliphatic heterocycles. The lowest BCUT2D eigenvalue weighted by molar-refractivity contribution is 0.0867. The fraction of sp³-hybridized carbons (Fsp3) is 0.182. The van der Waals surface area contributed by atoms with E-state index >= 15 is 0 Å². The van der Waals surface area contributed by atoms with Gasteiger partial charge in [0.05, 0.1) is 6.54 Å². The Balaban J connectivity index is 2.21. The third kappa shape index (κ3) is 2.52. The second-order valence-electron chi connectivity index (χ2n) is 3.51. The van der Waals surface area contributed by atoms with E-state index in [0.29, 0.717) is 16.7 Å². The van der Waals surface area contributed by atoms with Gasteiger partial charge in [0.25, 0.3) is 12.3 Å². The molecule has 17 heavy (non-hydrogen) atoms. The standard InChI is InChI=1S/C11H10F2N2O2/c12-10(13)5-15-11(16)9-4-6-3-7(14)1-2-8(6)17-9/h1-4,10H,5,14H2,(H,15,16). The number of hydrogen-bond donors (Lipinski definition) is 2. The van der Waals surface area contributed by atoms with Gasteiger partial charge in [0, 0.05) is 11.1 Å². The normalized spacial score (nSPS) is 11.0. The number of nitrogen functional groups attached to an aromatic ring is 1. The molecular weight excluding hydrogens is 230 g/mol. The van der Waals surface area contributed by atoms with Gasteiger partial charge in [0.2, 0.25) is 0 Å². The summed E-state index contributed by atoms with van der Waals surface area (Å²) in [6, 6.07) is 6.36. The fourth-order valence-electron chi connectivity index (χ4n) is 1.43. The Bertz CT molecular complexity index is 551. The lowest BCUT2D eigenvalue weighted by Gasteiger charge is -2.00. The molecule has 1 amide bonds. The summed E-state index contributed by atoms with van der Waals surface area (Å²) >= 11 is 0. The summed E-state index contributed by atoms with van der Waals surface area (Å²) in [5.74, 6) is -0.675. The molecule has 90 valence electrons. The number of nitrogens with one attached hydrogen (secondary N) is 1. The number of nitrogens with two attached hydrogens (primary N) is 1. The van der Waals surface area contributed by atoms with Crippen molar-refractivity contribution in [3.63, 3.8) is 0 Å². The van der Waals surface area contributed by atoms with E-state index in [1.807, 2.05) is 0 Å². The number of halogens is 2. The van der Waals surface area contributed by atoms with Gasteiger partial charge in [-0.05, 0) is 24.3 Å². The number of alkyl halides is 2. The Hall–Kier alpha value is -2.11. The van der Waals surface area contributed by atoms with Gasteiger partial charge in [-0.15, -0.1) is 0 Å². The summed E-state index contributed by atoms with van der Waals surface area (Å²) in [6.45, 7) is -0.696. The molecule has 2 rings (SSSR count). The first-order valence-electron chi connectivity index (χ1n) is 4.91. The predicted molar refractivity (Wildman–Crippen MR) is 59.0 cm³/mol. The van der Waals surface area contributed by atoms with E-state index in [1.165, 1.54) is 6.07 Å². The molecule has 0 aliphatic rings. The van der Waals surface area contributed by atoms with Gasteiger partial charge in [0.1, 0.15) is 5.58 Å². The minimum atomic E-state index is -2.58. The fourth-order valence-corrected chi connectivity index (χ4v) is 1.43. The number of carbonyl (C=O) groups excluding carboxylic acids is 1. The number of anilines is 1. The third-order valence-corrected chi connectivity index (χ3v) is 2.18. The molecule has 0 saturated carbocycles. The maximum Gasteiger partial charge on any atom is 0.287 e. The molecule has 0 fully saturated rings. The summed E-state index contributed by atoms with van der Waals surface area (Å²) in [7, 11) is 0. The van der Waals surface area contributed by atoms with E-state index < -0.39 is 18.9 Å². The van der Waals surface area contributed by atoms with Crippen molar-refractivity contribution < 1.29 is 18.0 Å². The van der Waals surface area contributed by atoms with Gasteiger partial charge in [-0.25, -0.2) is 8.78 Å². The quantitative estimate of drug-likeness (QED) is 0.806. The first-order valence-corrected chi connectivity index (χ1v) is 4.91. The topological polar surface area (TPSA) is 68.3 Å². The van der Waals surface area contributed by atoms with Crippen molar-refractivity contribution in [1.29, 1.82) is 0 Å². The highest BCUT2D eigenvalue weighted by Gasteiger charge is 2.13. The first-order chi connectivity index (χ1) is 8.06. The molecule has 3 N–H and O–H groups in total. The summed E-state index contributed by atoms with van der Waals surface area (Å²) in [6.07, 6.45) is -2.58. The van der Waals surface area contributed by atoms with Gasteiger partial charge in [-0.2, -0.15) is 0 Å². The van der Waals surface area contributed by atoms with Crippen LogP contribution >= 0.6 is 0 Å². The van der Waals surface area contributed by atoms with Crippen LogP contribution in [0.4, 0.5) is 14.5 Å². The average Bonchev–Trinajstić information content (AvgIpc) is 2.68. The number of carbonyl (C=O) groups is 1. The van der Waals surface area contributed by atoms with Crippen molar-refractivity contribution in [1.82, 2.24) is 5.32 Å². The van der Waals surface area contributed by atoms with Crippen LogP contribution in [0.5, 0.6) is 0 Å². The Morgan fingerprint density at radius 2 is 2.18 bits per heavy atom. The number of amides is 1. The highest BCUT2D eigenvalue weighted by atomic mass is 19.3. The molecule has 0 saturated heterocycles. The first kappa shape index (κ1) is 11.4. The van der Waals surface area contributed by atoms with Gasteiger partial charge < -0.3 is 15.5 Å². The van der Waals surface area contributed by atoms with Gasteiger partial charge in [-0.1, -0.05) is 0 Å². The van der Waals surface area contributed by atoms with Crippen LogP contribution in [-0.2, 0) is 0 Å². The zero-order valence-electron chi connectivity index (χ0n) is 8.74. The number of hydrogen-bond acceptors (Lipinski definition) is 3. The molecule has 0 aliphatic carbocycles. The zero-order chi connectivity index (χ0) is 12.4. The van der Waals surface area contributed by atoms with Crippen LogP contribution in [0, 0.1) is 0 Å². The van der Waals surface area contributed by atoms with Crippen LogP contribution in [0.1, 0.15) is 10.6 Å². The largest absolute Gasteiger partial charge is 0.451 e. The number of fused-ring (bicyclic) bond motifs is 1. The SMILES string of the molecule is Nc1ccc2oc(C(=O)NCC(F)F)cc2c1. The smallest absolute Gasteiger partial charge is 0.287 e. The Morgan fingerprint density at radius 1 is 1.41 bits per heavy atom. The molecular formula is C11H10F2N2O2. The lowest BCUT2D eigenvalue weighted by atomic mass is 10.2. The molecule has 0 atom stereocenters. The predicted octanol–water partition coefficient (Wildman–Crippen LogP) is 2.01. The maximum absolute atomic E-state index is 11.9. The monoisotopic (exact) mass is 240 g/mol. The van der Waals surface area contributed by atoms with Crippen LogP contribution in [-0.4, -0.2) is 18.9 Å². The highest BCUT2D eigenvalue weighted by Crippen LogP contribution is 2.21. The van der Waals surface area contributed by atoms with Crippen molar-refractivity contribution in [3.8, 4) is 0 Å². The second kappa shape index (κ2) is 4.40. The Kier molecular flexibility index (Phi) is 2.95. The molecule has 6 heteroatoms. The minimum Gasteiger partial charge on any atom is -0.451 e. The number of rotatable bonds is 3. The average molecular weight is 240 g/mol. The van der Waals surface area contributed by atoms with E-state index in [1.54, 1.807) is 18.2 Å². The Labute approximate surface area is 95.4 Å². The summed E-state index contributed by atoms with van der Waals surface area (Å²) < 4.78 is 29.0. The molecule has 2 aromatic rings. The summed E-state index contributed by atoms with van der Waals surface area (Å²) in [4.78, 5) is 11.4. The van der Waals surface area contributed by atoms with Crippen molar-refractivity contribution in [2.24, 2.45) is 0 Å². The number of furan rings is 1. The minimum absolute atomic E-state index is 0.00810. The molecule has 1 heterocycles. The highest BCUT2D eigenvalue weighted by molar-refractivity contribution is 5.96. The van der Waals surface area contributed by atoms with Crippen LogP contribution in [0.15, 0.2) is 28.7 Å². The summed E-state index contributed by atoms with van der Waals surface area (Å²) in [5.41, 5.74) is 6.59. The van der Waals surface area contributed by atoms with Crippen LogP contribution in [0.25, 0.3) is 11.0 Å². The van der Waals surface area contributed by atoms with Crippen LogP contribution in [0.3, 0.4) is 0 Å². The van der Waals surface area contributed by atoms with Crippen molar-refractivity contribution in [3.05, 3.63) is 30.0 Å². The van der Waals surface area contributed by atoms with Crippen molar-refractivity contribution in [2.45, 2.75) is 6.43 Å². The van der Waals surface area contributed by atoms with Crippen molar-refractivity contribution >= 4 is 22.6 Å². The van der Waals surface area contributed by atoms with E-state index in [9.17, 15) is 13.6 Å². The van der Waals surface area contributed by atoms with E-state index in [0.717, 1.165) is 0 Å². The summed E-state index contributed by atoms with van der Waals surface area (Å²) in [5, 5.41) is 2.72. The molecule has 0 radical (unpaired) electrons. The van der Waals surface area contributed by atoms with Crippen LogP contribution < -0.4 is 11.1 Å². The van der Waals surface area contributed by atoms with E-state index in [4.69, 9.17) is 10.2 Å². The van der Waals surface area contributed by atoms with Gasteiger partial charge in [0.15, 0.2) is 5.76 Å². The molecule has 0 spiro atoms. The van der Waals surface area contributed by atoms with Gasteiger partial charge >= 0.3 is 0 Å². The molecule has 0 unspecified atom stereocenters. The lowest BCUT2D eigenvalue weighted by Crippen LogP contribution is -2.28. The third-order valence-electron chi connectivity index (χ3n) is 2.18. The van der Waals surface area contributed by atoms with Crippen molar-refractivity contribution in [2.75, 3.05) is 12.3 Å². The van der Waals surface area contributed by atoms with E-state index in [-0.39, 0.29) is 5.76 Å². The second-order valence-corrected chi connectivity index (χ2v) is 3.51. The zero-order valence-corrected chi connectivity index (χ0v) is 8.74. The van der Waals surface area contributed by atoms with Crippen LogP contribution in [0.2, 0.25) is 0 Å². The molecule has 0 bridgehead atoms. The Morgan fingerprint density at radius 3 is 2.88 bits per heavy atom. The maximum atomic E-state index is 11.9. The molecule has 1 aromatic carbocycles. The molecule has 4 nitrogen and oxygen atoms in total. The molecule has 1 aromatic heterocycles. The van der Waals surface area contributed by atoms with E-state index in [2.05, 4.69) is 5.32 Å². The number of benzene rings is 1.